The van der Waals surface area contributed by atoms with Crippen molar-refractivity contribution in [2.75, 3.05) is 50.7 Å². The van der Waals surface area contributed by atoms with Gasteiger partial charge in [-0.15, -0.1) is 0 Å². The Morgan fingerprint density at radius 2 is 0.692 bits per heavy atom. The summed E-state index contributed by atoms with van der Waals surface area (Å²) in [5, 5.41) is 1.65. The molecule has 0 bridgehead atoms. The van der Waals surface area contributed by atoms with Crippen molar-refractivity contribution in [3.8, 4) is 0 Å². The highest BCUT2D eigenvalue weighted by Gasteiger charge is 2.46. The van der Waals surface area contributed by atoms with Gasteiger partial charge in [-0.3, -0.25) is 4.90 Å². The number of hydrogen-bond acceptors (Lipinski definition) is 7. The van der Waals surface area contributed by atoms with Gasteiger partial charge < -0.3 is 29.4 Å². The molecule has 2 atom stereocenters. The quantitative estimate of drug-likeness (QED) is 0.150. The highest BCUT2D eigenvalue weighted by molar-refractivity contribution is 8.44. The number of anilines is 5. The summed E-state index contributed by atoms with van der Waals surface area (Å²) in [4.78, 5) is 19.7. The fraction of sp³-hybridized carbons (Fsp3) is 0.691. The van der Waals surface area contributed by atoms with Crippen molar-refractivity contribution in [3.63, 3.8) is 0 Å². The third-order valence-electron chi connectivity index (χ3n) is 11.9. The summed E-state index contributed by atoms with van der Waals surface area (Å²) < 4.78 is 0. The molecule has 0 saturated carbocycles. The largest absolute Gasteiger partial charge is 0.360 e. The van der Waals surface area contributed by atoms with Crippen LogP contribution in [0, 0.1) is 21.7 Å². The fourth-order valence-electron chi connectivity index (χ4n) is 10.2. The second-order valence-electron chi connectivity index (χ2n) is 25.6. The van der Waals surface area contributed by atoms with Crippen LogP contribution in [0.3, 0.4) is 0 Å². The molecule has 0 fully saturated rings. The van der Waals surface area contributed by atoms with Crippen molar-refractivity contribution in [2.45, 2.75) is 202 Å². The van der Waals surface area contributed by atoms with Crippen molar-refractivity contribution >= 4 is 60.7 Å². The molecule has 5 rings (SSSR count). The van der Waals surface area contributed by atoms with Crippen molar-refractivity contribution in [3.05, 3.63) is 60.2 Å². The van der Waals surface area contributed by atoms with E-state index < -0.39 is 14.1 Å². The van der Waals surface area contributed by atoms with Crippen LogP contribution in [-0.2, 0) is 0 Å². The number of hydrogen-bond donors (Lipinski definition) is 0. The van der Waals surface area contributed by atoms with Crippen molar-refractivity contribution < 1.29 is 0 Å². The summed E-state index contributed by atoms with van der Waals surface area (Å²) in [6, 6.07) is 20.7. The van der Waals surface area contributed by atoms with Gasteiger partial charge >= 0.3 is 0 Å². The molecule has 0 aliphatic carbocycles. The van der Waals surface area contributed by atoms with Crippen LogP contribution in [0.4, 0.5) is 27.9 Å². The molecule has 0 saturated heterocycles. The van der Waals surface area contributed by atoms with Crippen LogP contribution in [0.2, 0.25) is 0 Å². The maximum Gasteiger partial charge on any atom is 0.142 e. The van der Waals surface area contributed by atoms with E-state index >= 15 is 0 Å². The van der Waals surface area contributed by atoms with Gasteiger partial charge in [-0.1, -0.05) is 107 Å². The first-order valence-electron chi connectivity index (χ1n) is 25.1. The topological polar surface area (TPSA) is 22.7 Å². The minimum Gasteiger partial charge on any atom is -0.360 e. The average molecular weight is 946 g/mol. The molecule has 65 heavy (non-hydrogen) atoms. The highest BCUT2D eigenvalue weighted by atomic mass is 32.2. The summed E-state index contributed by atoms with van der Waals surface area (Å²) >= 11 is 0. The monoisotopic (exact) mass is 946 g/mol. The van der Waals surface area contributed by atoms with Crippen molar-refractivity contribution in [2.24, 2.45) is 21.7 Å². The fourth-order valence-corrected chi connectivity index (χ4v) is 23.9. The van der Waals surface area contributed by atoms with E-state index in [0.717, 1.165) is 26.2 Å². The van der Waals surface area contributed by atoms with E-state index in [1.165, 1.54) is 42.3 Å². The van der Waals surface area contributed by atoms with Gasteiger partial charge in [-0.2, -0.15) is 0 Å². The zero-order valence-electron chi connectivity index (χ0n) is 45.9. The Morgan fingerprint density at radius 1 is 0.431 bits per heavy atom. The van der Waals surface area contributed by atoms with E-state index in [-0.39, 0.29) is 21.7 Å². The number of fused-ring (bicyclic) bond motifs is 2. The SMILES string of the molecule is CC(C)N(C(=C1N(CC(C)(C)C)c2ccccc2N1CC(C)(C)C)p1pc(N(C(C)C)C(C)C)p1C(=C1N(CC(C)(C)C)c2ccccc2N1CC(C)(C)C)N(C(C)C)C(C)C)C(C)C. The van der Waals surface area contributed by atoms with Gasteiger partial charge in [0.1, 0.15) is 22.5 Å². The lowest BCUT2D eigenvalue weighted by molar-refractivity contribution is 0.277. The minimum atomic E-state index is -0.900. The first-order chi connectivity index (χ1) is 29.8. The van der Waals surface area contributed by atoms with Gasteiger partial charge in [0.2, 0.25) is 0 Å². The lowest BCUT2D eigenvalue weighted by Gasteiger charge is -2.47. The normalized spacial score (nSPS) is 15.9. The van der Waals surface area contributed by atoms with E-state index in [2.05, 4.69) is 249 Å². The molecule has 1 aromatic heterocycles. The second kappa shape index (κ2) is 19.8. The van der Waals surface area contributed by atoms with E-state index in [1.54, 1.807) is 16.0 Å². The molecule has 2 unspecified atom stereocenters. The molecule has 7 nitrogen and oxygen atoms in total. The summed E-state index contributed by atoms with van der Waals surface area (Å²) in [5.41, 5.74) is 8.80. The third kappa shape index (κ3) is 11.8. The molecular formula is C55H94N7P3. The molecule has 2 aliphatic heterocycles. The van der Waals surface area contributed by atoms with Crippen molar-refractivity contribution in [1.29, 1.82) is 0 Å². The van der Waals surface area contributed by atoms with Crippen LogP contribution in [-0.4, -0.2) is 72.2 Å². The first kappa shape index (κ1) is 53.4. The first-order valence-corrected chi connectivity index (χ1v) is 30.1. The standard InChI is InChI=1S/C55H94N7P3/c1-37(2)60(38(3)4)49(47-56(33-52(13,14)15)43-29-25-26-30-44(43)57(47)34-53(16,17)18)64-51(62(41(9)10)42(11)12)63-65(64)50(61(39(5)6)40(7)8)48-58(35-54(19,20)21)45-31-27-28-32-46(45)59(48)36-55(22,23)24/h25-32,37-42H,33-36H2,1-24H3. The van der Waals surface area contributed by atoms with E-state index in [0.29, 0.717) is 36.3 Å². The number of nitrogens with zero attached hydrogens (tertiary/aromatic N) is 7. The predicted octanol–water partition coefficient (Wildman–Crippen LogP) is 17.1. The maximum absolute atomic E-state index is 2.89. The average Bonchev–Trinajstić information content (AvgIpc) is 3.55. The molecule has 2 aliphatic rings. The van der Waals surface area contributed by atoms with Gasteiger partial charge in [0.05, 0.1) is 27.9 Å². The smallest absolute Gasteiger partial charge is 0.142 e. The predicted molar refractivity (Wildman–Crippen MR) is 298 cm³/mol. The summed E-state index contributed by atoms with van der Waals surface area (Å²) in [5.74, 6) is 2.86. The molecule has 10 heteroatoms. The maximum atomic E-state index is 2.89. The molecular weight excluding hydrogens is 852 g/mol. The molecule has 0 radical (unpaired) electrons. The Hall–Kier alpha value is -2.55. The van der Waals surface area contributed by atoms with Crippen LogP contribution in [0.5, 0.6) is 0 Å². The Kier molecular flexibility index (Phi) is 16.3. The second-order valence-corrected chi connectivity index (χ2v) is 34.2. The minimum absolute atomic E-state index is 0.0573. The Balaban J connectivity index is 2.16. The van der Waals surface area contributed by atoms with Crippen LogP contribution < -0.4 is 24.5 Å². The number of para-hydroxylation sites is 4. The molecule has 364 valence electrons. The lowest BCUT2D eigenvalue weighted by Crippen LogP contribution is -2.43. The molecule has 2 aromatic carbocycles. The van der Waals surface area contributed by atoms with Gasteiger partial charge in [-0.05, 0) is 151 Å². The van der Waals surface area contributed by atoms with Crippen LogP contribution in [0.15, 0.2) is 60.2 Å². The number of benzene rings is 2. The third-order valence-corrected chi connectivity index (χ3v) is 23.9. The highest BCUT2D eigenvalue weighted by Crippen LogP contribution is 2.83. The lowest BCUT2D eigenvalue weighted by atomic mass is 9.95. The molecule has 0 amide bonds. The van der Waals surface area contributed by atoms with Crippen LogP contribution in [0.1, 0.15) is 166 Å². The van der Waals surface area contributed by atoms with Gasteiger partial charge in [0.15, 0.2) is 0 Å². The zero-order valence-corrected chi connectivity index (χ0v) is 48.6. The molecule has 3 aromatic rings. The van der Waals surface area contributed by atoms with Gasteiger partial charge in [0.25, 0.3) is 0 Å². The summed E-state index contributed by atoms with van der Waals surface area (Å²) in [6.45, 7) is 61.5. The van der Waals surface area contributed by atoms with E-state index in [4.69, 9.17) is 0 Å². The van der Waals surface area contributed by atoms with E-state index in [9.17, 15) is 0 Å². The molecule has 0 N–H and O–H groups in total. The Labute approximate surface area is 403 Å². The summed E-state index contributed by atoms with van der Waals surface area (Å²) in [7, 11) is 0.592. The van der Waals surface area contributed by atoms with Crippen LogP contribution >= 0.6 is 22.0 Å². The Morgan fingerprint density at radius 3 is 0.938 bits per heavy atom. The van der Waals surface area contributed by atoms with E-state index in [1.807, 2.05) is 0 Å². The van der Waals surface area contributed by atoms with Crippen molar-refractivity contribution in [1.82, 2.24) is 9.80 Å². The zero-order chi connectivity index (χ0) is 49.0. The molecule has 0 spiro atoms. The number of rotatable bonds is 15. The molecule has 3 heterocycles. The summed E-state index contributed by atoms with van der Waals surface area (Å²) in [6.07, 6.45) is 0. The van der Waals surface area contributed by atoms with Gasteiger partial charge in [-0.25, -0.2) is 0 Å². The van der Waals surface area contributed by atoms with Gasteiger partial charge in [0, 0.05) is 62.4 Å². The van der Waals surface area contributed by atoms with Crippen LogP contribution in [0.25, 0.3) is 10.9 Å². The Bertz CT molecular complexity index is 2030.